The highest BCUT2D eigenvalue weighted by atomic mass is 35.5. The van der Waals surface area contributed by atoms with E-state index in [4.69, 9.17) is 21.1 Å². The maximum absolute atomic E-state index is 12.7. The number of nitro groups is 1. The molecule has 0 radical (unpaired) electrons. The van der Waals surface area contributed by atoms with Crippen molar-refractivity contribution in [2.75, 3.05) is 26.3 Å². The van der Waals surface area contributed by atoms with Gasteiger partial charge < -0.3 is 9.47 Å². The number of benzene rings is 2. The molecule has 10 heteroatoms. The van der Waals surface area contributed by atoms with Crippen LogP contribution < -0.4 is 4.74 Å². The summed E-state index contributed by atoms with van der Waals surface area (Å²) >= 11 is 5.88. The van der Waals surface area contributed by atoms with E-state index in [1.54, 1.807) is 18.2 Å². The van der Waals surface area contributed by atoms with Gasteiger partial charge in [-0.05, 0) is 30.3 Å². The van der Waals surface area contributed by atoms with E-state index in [-0.39, 0.29) is 36.9 Å². The molecule has 1 saturated heterocycles. The second-order valence-corrected chi connectivity index (χ2v) is 7.84. The minimum atomic E-state index is -3.84. The zero-order chi connectivity index (χ0) is 18.7. The number of halogens is 1. The van der Waals surface area contributed by atoms with Crippen molar-refractivity contribution in [2.45, 2.75) is 4.90 Å². The average Bonchev–Trinajstić information content (AvgIpc) is 2.62. The molecule has 0 amide bonds. The van der Waals surface area contributed by atoms with E-state index >= 15 is 0 Å². The zero-order valence-electron chi connectivity index (χ0n) is 13.5. The first-order valence-corrected chi connectivity index (χ1v) is 9.49. The second-order valence-electron chi connectivity index (χ2n) is 5.46. The molecule has 26 heavy (non-hydrogen) atoms. The predicted molar refractivity (Wildman–Crippen MR) is 94.2 cm³/mol. The summed E-state index contributed by atoms with van der Waals surface area (Å²) < 4.78 is 37.2. The summed E-state index contributed by atoms with van der Waals surface area (Å²) in [5, 5.41) is 11.8. The van der Waals surface area contributed by atoms with Gasteiger partial charge in [-0.3, -0.25) is 10.1 Å². The number of nitro benzene ring substituents is 1. The Balaban J connectivity index is 1.95. The van der Waals surface area contributed by atoms with Crippen molar-refractivity contribution in [3.05, 3.63) is 57.6 Å². The van der Waals surface area contributed by atoms with Gasteiger partial charge in [0.25, 0.3) is 0 Å². The largest absolute Gasteiger partial charge is 0.450 e. The van der Waals surface area contributed by atoms with Gasteiger partial charge >= 0.3 is 5.69 Å². The van der Waals surface area contributed by atoms with Gasteiger partial charge in [0.05, 0.1) is 23.0 Å². The maximum atomic E-state index is 12.7. The number of hydrogen-bond donors (Lipinski definition) is 0. The minimum absolute atomic E-state index is 0.0711. The summed E-state index contributed by atoms with van der Waals surface area (Å²) in [6.45, 7) is 0.988. The Hall–Kier alpha value is -2.20. The fourth-order valence-corrected chi connectivity index (χ4v) is 4.09. The molecule has 3 rings (SSSR count). The quantitative estimate of drug-likeness (QED) is 0.567. The highest BCUT2D eigenvalue weighted by molar-refractivity contribution is 7.89. The van der Waals surface area contributed by atoms with Crippen LogP contribution in [0.4, 0.5) is 5.69 Å². The van der Waals surface area contributed by atoms with Gasteiger partial charge in [0, 0.05) is 24.2 Å². The van der Waals surface area contributed by atoms with E-state index in [1.165, 1.54) is 22.5 Å². The lowest BCUT2D eigenvalue weighted by atomic mass is 10.3. The summed E-state index contributed by atoms with van der Waals surface area (Å²) in [4.78, 5) is 10.6. The fraction of sp³-hybridized carbons (Fsp3) is 0.250. The van der Waals surface area contributed by atoms with Gasteiger partial charge in [-0.1, -0.05) is 17.7 Å². The van der Waals surface area contributed by atoms with Crippen molar-refractivity contribution in [3.8, 4) is 11.5 Å². The number of nitrogens with zero attached hydrogens (tertiary/aromatic N) is 2. The fourth-order valence-electron chi connectivity index (χ4n) is 2.48. The van der Waals surface area contributed by atoms with E-state index < -0.39 is 20.6 Å². The first-order valence-electron chi connectivity index (χ1n) is 7.68. The van der Waals surface area contributed by atoms with Crippen LogP contribution in [0.3, 0.4) is 0 Å². The number of rotatable bonds is 5. The molecule has 2 aromatic rings. The standard InChI is InChI=1S/C16H15ClN2O6S/c17-12-2-1-3-13(10-12)25-16-5-4-14(11-15(16)19(20)21)26(22,23)18-6-8-24-9-7-18/h1-5,10-11H,6-9H2. The lowest BCUT2D eigenvalue weighted by molar-refractivity contribution is -0.385. The van der Waals surface area contributed by atoms with Crippen LogP contribution >= 0.6 is 11.6 Å². The number of sulfonamides is 1. The summed E-state index contributed by atoms with van der Waals surface area (Å²) in [6, 6.07) is 9.94. The van der Waals surface area contributed by atoms with Crippen LogP contribution in [0.15, 0.2) is 47.4 Å². The van der Waals surface area contributed by atoms with E-state index in [2.05, 4.69) is 0 Å². The first-order chi connectivity index (χ1) is 12.4. The van der Waals surface area contributed by atoms with Crippen molar-refractivity contribution in [1.29, 1.82) is 0 Å². The Labute approximate surface area is 155 Å². The van der Waals surface area contributed by atoms with Crippen LogP contribution in [0.25, 0.3) is 0 Å². The Morgan fingerprint density at radius 1 is 1.15 bits per heavy atom. The third-order valence-corrected chi connectivity index (χ3v) is 5.89. The molecule has 138 valence electrons. The molecule has 0 spiro atoms. The zero-order valence-corrected chi connectivity index (χ0v) is 15.1. The molecule has 0 saturated carbocycles. The Kier molecular flexibility index (Phi) is 5.42. The Morgan fingerprint density at radius 3 is 2.54 bits per heavy atom. The van der Waals surface area contributed by atoms with Gasteiger partial charge in [0.2, 0.25) is 15.8 Å². The molecule has 1 fully saturated rings. The summed E-state index contributed by atoms with van der Waals surface area (Å²) in [7, 11) is -3.84. The van der Waals surface area contributed by atoms with E-state index in [9.17, 15) is 18.5 Å². The van der Waals surface area contributed by atoms with Gasteiger partial charge in [-0.15, -0.1) is 0 Å². The molecule has 1 aliphatic heterocycles. The SMILES string of the molecule is O=[N+]([O-])c1cc(S(=O)(=O)N2CCOCC2)ccc1Oc1cccc(Cl)c1. The normalized spacial score (nSPS) is 15.6. The van der Waals surface area contributed by atoms with Gasteiger partial charge in [0.15, 0.2) is 0 Å². The van der Waals surface area contributed by atoms with Gasteiger partial charge in [-0.2, -0.15) is 4.31 Å². The number of morpholine rings is 1. The van der Waals surface area contributed by atoms with Crippen molar-refractivity contribution in [1.82, 2.24) is 4.31 Å². The number of hydrogen-bond acceptors (Lipinski definition) is 6. The molecule has 2 aromatic carbocycles. The molecule has 1 aliphatic rings. The van der Waals surface area contributed by atoms with Gasteiger partial charge in [-0.25, -0.2) is 8.42 Å². The van der Waals surface area contributed by atoms with Crippen molar-refractivity contribution in [2.24, 2.45) is 0 Å². The average molecular weight is 399 g/mol. The van der Waals surface area contributed by atoms with E-state index in [0.717, 1.165) is 6.07 Å². The molecule has 0 atom stereocenters. The van der Waals surface area contributed by atoms with Crippen LogP contribution in [0.5, 0.6) is 11.5 Å². The van der Waals surface area contributed by atoms with Crippen LogP contribution in [-0.2, 0) is 14.8 Å². The second kappa shape index (κ2) is 7.58. The maximum Gasteiger partial charge on any atom is 0.312 e. The third-order valence-electron chi connectivity index (χ3n) is 3.76. The molecular weight excluding hydrogens is 384 g/mol. The van der Waals surface area contributed by atoms with Crippen LogP contribution in [0.1, 0.15) is 0 Å². The molecule has 1 heterocycles. The Bertz CT molecular complexity index is 928. The highest BCUT2D eigenvalue weighted by Crippen LogP contribution is 2.34. The highest BCUT2D eigenvalue weighted by Gasteiger charge is 2.29. The number of ether oxygens (including phenoxy) is 2. The van der Waals surface area contributed by atoms with Crippen molar-refractivity contribution in [3.63, 3.8) is 0 Å². The van der Waals surface area contributed by atoms with Gasteiger partial charge in [0.1, 0.15) is 5.75 Å². The molecule has 0 unspecified atom stereocenters. The van der Waals surface area contributed by atoms with Crippen LogP contribution in [-0.4, -0.2) is 43.9 Å². The molecular formula is C16H15ClN2O6S. The summed E-state index contributed by atoms with van der Waals surface area (Å²) in [5.74, 6) is 0.239. The monoisotopic (exact) mass is 398 g/mol. The third kappa shape index (κ3) is 3.96. The van der Waals surface area contributed by atoms with Crippen molar-refractivity contribution >= 4 is 27.3 Å². The van der Waals surface area contributed by atoms with E-state index in [1.807, 2.05) is 0 Å². The Morgan fingerprint density at radius 2 is 1.88 bits per heavy atom. The predicted octanol–water partition coefficient (Wildman–Crippen LogP) is 3.06. The molecule has 0 aliphatic carbocycles. The lowest BCUT2D eigenvalue weighted by Crippen LogP contribution is -2.40. The van der Waals surface area contributed by atoms with Crippen LogP contribution in [0, 0.1) is 10.1 Å². The summed E-state index contributed by atoms with van der Waals surface area (Å²) in [5.41, 5.74) is -0.445. The molecule has 0 N–H and O–H groups in total. The topological polar surface area (TPSA) is 99.0 Å². The first kappa shape index (κ1) is 18.6. The molecule has 0 bridgehead atoms. The van der Waals surface area contributed by atoms with E-state index in [0.29, 0.717) is 10.8 Å². The van der Waals surface area contributed by atoms with Crippen molar-refractivity contribution < 1.29 is 22.8 Å². The molecule has 0 aromatic heterocycles. The lowest BCUT2D eigenvalue weighted by Gasteiger charge is -2.26. The smallest absolute Gasteiger partial charge is 0.312 e. The summed E-state index contributed by atoms with van der Waals surface area (Å²) in [6.07, 6.45) is 0. The molecule has 8 nitrogen and oxygen atoms in total. The van der Waals surface area contributed by atoms with Crippen LogP contribution in [0.2, 0.25) is 5.02 Å². The minimum Gasteiger partial charge on any atom is -0.450 e.